The molecule has 6 nitrogen and oxygen atoms in total. The monoisotopic (exact) mass is 470 g/mol. The van der Waals surface area contributed by atoms with Gasteiger partial charge in [0.05, 0.1) is 14.3 Å². The average Bonchev–Trinajstić information content (AvgIpc) is 2.88. The lowest BCUT2D eigenvalue weighted by molar-refractivity contribution is -0.122. The fourth-order valence-corrected chi connectivity index (χ4v) is 3.58. The number of nitrogens with one attached hydrogen (secondary N) is 1. The van der Waals surface area contributed by atoms with Crippen molar-refractivity contribution in [2.45, 2.75) is 20.0 Å². The lowest BCUT2D eigenvalue weighted by atomic mass is 10.2. The van der Waals surface area contributed by atoms with Gasteiger partial charge in [0.25, 0.3) is 5.91 Å². The maximum absolute atomic E-state index is 12.5. The molecule has 1 amide bonds. The van der Waals surface area contributed by atoms with Crippen LogP contribution >= 0.6 is 34.2 Å². The number of anilines is 1. The van der Waals surface area contributed by atoms with Crippen LogP contribution in [-0.2, 0) is 11.8 Å². The summed E-state index contributed by atoms with van der Waals surface area (Å²) in [4.78, 5) is 16.8. The standard InChI is InChI=1S/C17H16ClIN4O2/c1-9-7-14(23(3)22-9)21-17(24)10(2)25-16-13(19)8-12(18)11-5-4-6-20-15(11)16/h4-8,10H,1-3H3,(H,21,24)/t10-/m0/s1. The van der Waals surface area contributed by atoms with E-state index in [0.717, 1.165) is 14.7 Å². The number of hydrogen-bond donors (Lipinski definition) is 1. The molecule has 130 valence electrons. The highest BCUT2D eigenvalue weighted by Crippen LogP contribution is 2.35. The number of nitrogens with zero attached hydrogens (tertiary/aromatic N) is 3. The molecule has 0 fully saturated rings. The number of halogens is 2. The van der Waals surface area contributed by atoms with E-state index in [1.807, 2.05) is 19.1 Å². The summed E-state index contributed by atoms with van der Waals surface area (Å²) < 4.78 is 8.33. The zero-order chi connectivity index (χ0) is 18.1. The fraction of sp³-hybridized carbons (Fsp3) is 0.235. The van der Waals surface area contributed by atoms with E-state index < -0.39 is 6.10 Å². The number of fused-ring (bicyclic) bond motifs is 1. The molecule has 0 aliphatic carbocycles. The van der Waals surface area contributed by atoms with Gasteiger partial charge >= 0.3 is 0 Å². The SMILES string of the molecule is Cc1cc(NC(=O)[C@H](C)Oc2c(I)cc(Cl)c3cccnc23)n(C)n1. The topological polar surface area (TPSA) is 69.0 Å². The Bertz CT molecular complexity index is 957. The molecule has 2 heterocycles. The van der Waals surface area contributed by atoms with Crippen molar-refractivity contribution in [2.24, 2.45) is 7.05 Å². The van der Waals surface area contributed by atoms with E-state index in [1.165, 1.54) is 0 Å². The average molecular weight is 471 g/mol. The summed E-state index contributed by atoms with van der Waals surface area (Å²) in [6, 6.07) is 7.28. The van der Waals surface area contributed by atoms with Crippen LogP contribution < -0.4 is 10.1 Å². The van der Waals surface area contributed by atoms with Crippen molar-refractivity contribution in [3.8, 4) is 5.75 Å². The molecule has 0 aliphatic rings. The van der Waals surface area contributed by atoms with Crippen LogP contribution in [0.4, 0.5) is 5.82 Å². The van der Waals surface area contributed by atoms with Gasteiger partial charge in [0.15, 0.2) is 11.9 Å². The molecule has 0 aliphatic heterocycles. The van der Waals surface area contributed by atoms with Crippen molar-refractivity contribution in [1.82, 2.24) is 14.8 Å². The third-order valence-corrected chi connectivity index (χ3v) is 4.78. The van der Waals surface area contributed by atoms with Crippen LogP contribution in [0.3, 0.4) is 0 Å². The molecule has 0 bridgehead atoms. The Labute approximate surface area is 163 Å². The molecule has 3 rings (SSSR count). The summed E-state index contributed by atoms with van der Waals surface area (Å²) in [5.41, 5.74) is 1.46. The van der Waals surface area contributed by atoms with E-state index in [-0.39, 0.29) is 5.91 Å². The zero-order valence-electron chi connectivity index (χ0n) is 13.9. The van der Waals surface area contributed by atoms with Gasteiger partial charge in [-0.2, -0.15) is 5.10 Å². The maximum atomic E-state index is 12.5. The van der Waals surface area contributed by atoms with Crippen LogP contribution in [0.25, 0.3) is 10.9 Å². The molecule has 0 spiro atoms. The van der Waals surface area contributed by atoms with Crippen LogP contribution in [0.2, 0.25) is 5.02 Å². The van der Waals surface area contributed by atoms with E-state index in [0.29, 0.717) is 22.1 Å². The summed E-state index contributed by atoms with van der Waals surface area (Å²) in [5, 5.41) is 8.41. The second-order valence-corrected chi connectivity index (χ2v) is 7.18. The molecule has 8 heteroatoms. The van der Waals surface area contributed by atoms with E-state index >= 15 is 0 Å². The van der Waals surface area contributed by atoms with Crippen molar-refractivity contribution in [3.05, 3.63) is 44.7 Å². The third-order valence-electron chi connectivity index (χ3n) is 3.67. The molecule has 3 aromatic rings. The van der Waals surface area contributed by atoms with E-state index in [9.17, 15) is 4.79 Å². The number of carbonyl (C=O) groups is 1. The molecule has 1 aromatic carbocycles. The number of aromatic nitrogens is 3. The summed E-state index contributed by atoms with van der Waals surface area (Å²) in [7, 11) is 1.77. The highest BCUT2D eigenvalue weighted by molar-refractivity contribution is 14.1. The zero-order valence-corrected chi connectivity index (χ0v) is 16.8. The minimum Gasteiger partial charge on any atom is -0.477 e. The largest absolute Gasteiger partial charge is 0.477 e. The molecule has 0 radical (unpaired) electrons. The molecule has 2 aromatic heterocycles. The Hall–Kier alpha value is -1.87. The van der Waals surface area contributed by atoms with Crippen LogP contribution in [-0.4, -0.2) is 26.8 Å². The van der Waals surface area contributed by atoms with Crippen LogP contribution in [0.15, 0.2) is 30.5 Å². The molecule has 0 unspecified atom stereocenters. The van der Waals surface area contributed by atoms with Crippen molar-refractivity contribution >= 4 is 56.8 Å². The normalized spacial score (nSPS) is 12.2. The molecule has 0 saturated heterocycles. The summed E-state index contributed by atoms with van der Waals surface area (Å²) >= 11 is 8.40. The van der Waals surface area contributed by atoms with Crippen molar-refractivity contribution in [1.29, 1.82) is 0 Å². The number of aryl methyl sites for hydroxylation is 2. The van der Waals surface area contributed by atoms with E-state index in [1.54, 1.807) is 37.0 Å². The Kier molecular flexibility index (Phi) is 5.14. The van der Waals surface area contributed by atoms with Crippen molar-refractivity contribution < 1.29 is 9.53 Å². The molecule has 1 N–H and O–H groups in total. The number of rotatable bonds is 4. The van der Waals surface area contributed by atoms with Gasteiger partial charge in [0.1, 0.15) is 11.3 Å². The maximum Gasteiger partial charge on any atom is 0.266 e. The highest BCUT2D eigenvalue weighted by Gasteiger charge is 2.20. The first-order valence-electron chi connectivity index (χ1n) is 7.57. The summed E-state index contributed by atoms with van der Waals surface area (Å²) in [5.74, 6) is 0.897. The quantitative estimate of drug-likeness (QED) is 0.587. The van der Waals surface area contributed by atoms with Gasteiger partial charge in [-0.25, -0.2) is 0 Å². The number of ether oxygens (including phenoxy) is 1. The van der Waals surface area contributed by atoms with E-state index in [2.05, 4.69) is 38.0 Å². The molecular weight excluding hydrogens is 455 g/mol. The number of hydrogen-bond acceptors (Lipinski definition) is 4. The smallest absolute Gasteiger partial charge is 0.266 e. The molecule has 0 saturated carbocycles. The van der Waals surface area contributed by atoms with E-state index in [4.69, 9.17) is 16.3 Å². The van der Waals surface area contributed by atoms with Crippen molar-refractivity contribution in [2.75, 3.05) is 5.32 Å². The Morgan fingerprint density at radius 1 is 1.44 bits per heavy atom. The van der Waals surface area contributed by atoms with Gasteiger partial charge in [0.2, 0.25) is 0 Å². The predicted molar refractivity (Wildman–Crippen MR) is 106 cm³/mol. The minimum absolute atomic E-state index is 0.266. The Balaban J connectivity index is 1.85. The lowest BCUT2D eigenvalue weighted by Crippen LogP contribution is -2.31. The molecular formula is C17H16ClIN4O2. The second-order valence-electron chi connectivity index (χ2n) is 5.61. The van der Waals surface area contributed by atoms with Crippen LogP contribution in [0.1, 0.15) is 12.6 Å². The van der Waals surface area contributed by atoms with Gasteiger partial charge in [-0.3, -0.25) is 14.5 Å². The van der Waals surface area contributed by atoms with Gasteiger partial charge in [-0.05, 0) is 54.6 Å². The van der Waals surface area contributed by atoms with Gasteiger partial charge in [0, 0.05) is 24.7 Å². The summed E-state index contributed by atoms with van der Waals surface area (Å²) in [6.07, 6.45) is 0.959. The minimum atomic E-state index is -0.713. The number of benzene rings is 1. The van der Waals surface area contributed by atoms with Crippen molar-refractivity contribution in [3.63, 3.8) is 0 Å². The first-order chi connectivity index (χ1) is 11.9. The highest BCUT2D eigenvalue weighted by atomic mass is 127. The number of amides is 1. The molecule has 1 atom stereocenters. The Morgan fingerprint density at radius 3 is 2.88 bits per heavy atom. The third kappa shape index (κ3) is 3.72. The fourth-order valence-electron chi connectivity index (χ4n) is 2.44. The Morgan fingerprint density at radius 2 is 2.20 bits per heavy atom. The predicted octanol–water partition coefficient (Wildman–Crippen LogP) is 3.94. The van der Waals surface area contributed by atoms with Crippen LogP contribution in [0.5, 0.6) is 5.75 Å². The lowest BCUT2D eigenvalue weighted by Gasteiger charge is -2.17. The number of pyridine rings is 1. The van der Waals surface area contributed by atoms with Gasteiger partial charge in [-0.1, -0.05) is 11.6 Å². The molecule has 25 heavy (non-hydrogen) atoms. The van der Waals surface area contributed by atoms with Gasteiger partial charge in [-0.15, -0.1) is 0 Å². The first kappa shape index (κ1) is 17.9. The van der Waals surface area contributed by atoms with Crippen LogP contribution in [0, 0.1) is 10.5 Å². The second kappa shape index (κ2) is 7.17. The first-order valence-corrected chi connectivity index (χ1v) is 9.03. The summed E-state index contributed by atoms with van der Waals surface area (Å²) in [6.45, 7) is 3.56. The number of carbonyl (C=O) groups excluding carboxylic acids is 1. The van der Waals surface area contributed by atoms with Gasteiger partial charge < -0.3 is 10.1 Å².